The van der Waals surface area contributed by atoms with E-state index >= 15 is 0 Å². The molecule has 1 aliphatic rings. The zero-order valence-corrected chi connectivity index (χ0v) is 20.1. The Morgan fingerprint density at radius 3 is 2.31 bits per heavy atom. The summed E-state index contributed by atoms with van der Waals surface area (Å²) in [5.41, 5.74) is 0.212. The van der Waals surface area contributed by atoms with E-state index in [4.69, 9.17) is 0 Å². The van der Waals surface area contributed by atoms with Crippen LogP contribution in [0.1, 0.15) is 23.2 Å². The molecule has 0 saturated carbocycles. The SMILES string of the molecule is O=C(CN(c1cccc([N+](=O)[O-])c1)S(=O)(=O)c1ccccc1)Nc1ccccc1C(=O)N1CCCC1. The average Bonchev–Trinajstić information content (AvgIpc) is 3.43. The van der Waals surface area contributed by atoms with Crippen LogP contribution in [-0.2, 0) is 14.8 Å². The summed E-state index contributed by atoms with van der Waals surface area (Å²) in [4.78, 5) is 38.3. The fraction of sp³-hybridized carbons (Fsp3) is 0.200. The lowest BCUT2D eigenvalue weighted by molar-refractivity contribution is -0.384. The number of hydrogen-bond donors (Lipinski definition) is 1. The number of likely N-dealkylation sites (tertiary alicyclic amines) is 1. The molecule has 1 N–H and O–H groups in total. The van der Waals surface area contributed by atoms with E-state index in [0.717, 1.165) is 23.2 Å². The van der Waals surface area contributed by atoms with Gasteiger partial charge in [-0.25, -0.2) is 8.42 Å². The number of non-ortho nitro benzene ring substituents is 1. The maximum absolute atomic E-state index is 13.5. The molecule has 0 aromatic heterocycles. The lowest BCUT2D eigenvalue weighted by Gasteiger charge is -2.24. The van der Waals surface area contributed by atoms with Crippen molar-refractivity contribution in [3.05, 3.63) is 94.5 Å². The van der Waals surface area contributed by atoms with Gasteiger partial charge >= 0.3 is 0 Å². The molecule has 0 radical (unpaired) electrons. The maximum Gasteiger partial charge on any atom is 0.271 e. The molecule has 11 heteroatoms. The average molecular weight is 509 g/mol. The van der Waals surface area contributed by atoms with Gasteiger partial charge in [-0.15, -0.1) is 0 Å². The van der Waals surface area contributed by atoms with Gasteiger partial charge in [0.25, 0.3) is 21.6 Å². The Balaban J connectivity index is 1.65. The predicted molar refractivity (Wildman–Crippen MR) is 134 cm³/mol. The third-order valence-electron chi connectivity index (χ3n) is 5.77. The number of carbonyl (C=O) groups excluding carboxylic acids is 2. The van der Waals surface area contributed by atoms with Gasteiger partial charge in [-0.05, 0) is 43.2 Å². The highest BCUT2D eigenvalue weighted by atomic mass is 32.2. The van der Waals surface area contributed by atoms with Crippen LogP contribution in [0, 0.1) is 10.1 Å². The molecule has 186 valence electrons. The Hall–Kier alpha value is -4.25. The van der Waals surface area contributed by atoms with Gasteiger partial charge in [-0.2, -0.15) is 0 Å². The molecule has 4 rings (SSSR count). The van der Waals surface area contributed by atoms with Crippen molar-refractivity contribution in [2.24, 2.45) is 0 Å². The van der Waals surface area contributed by atoms with Crippen LogP contribution in [0.5, 0.6) is 0 Å². The minimum absolute atomic E-state index is 0.0374. The van der Waals surface area contributed by atoms with Gasteiger partial charge in [0.15, 0.2) is 0 Å². The van der Waals surface area contributed by atoms with Crippen LogP contribution in [0.25, 0.3) is 0 Å². The summed E-state index contributed by atoms with van der Waals surface area (Å²) in [5, 5.41) is 13.9. The van der Waals surface area contributed by atoms with Crippen LogP contribution in [0.3, 0.4) is 0 Å². The minimum atomic E-state index is -4.25. The van der Waals surface area contributed by atoms with Crippen LogP contribution in [0.2, 0.25) is 0 Å². The third-order valence-corrected chi connectivity index (χ3v) is 7.56. The van der Waals surface area contributed by atoms with E-state index in [9.17, 15) is 28.1 Å². The number of carbonyl (C=O) groups is 2. The summed E-state index contributed by atoms with van der Waals surface area (Å²) in [7, 11) is -4.25. The van der Waals surface area contributed by atoms with Crippen LogP contribution >= 0.6 is 0 Å². The molecule has 1 aliphatic heterocycles. The second-order valence-electron chi connectivity index (χ2n) is 8.19. The molecule has 0 atom stereocenters. The first kappa shape index (κ1) is 24.9. The Bertz CT molecular complexity index is 1390. The van der Waals surface area contributed by atoms with E-state index in [1.165, 1.54) is 30.3 Å². The third kappa shape index (κ3) is 5.36. The Morgan fingerprint density at radius 2 is 1.61 bits per heavy atom. The van der Waals surface area contributed by atoms with Crippen molar-refractivity contribution < 1.29 is 22.9 Å². The number of rotatable bonds is 8. The number of nitro benzene ring substituents is 1. The molecular formula is C25H24N4O6S. The van der Waals surface area contributed by atoms with Crippen molar-refractivity contribution in [2.45, 2.75) is 17.7 Å². The molecule has 10 nitrogen and oxygen atoms in total. The predicted octanol–water partition coefficient (Wildman–Crippen LogP) is 3.66. The molecule has 0 aliphatic carbocycles. The minimum Gasteiger partial charge on any atom is -0.339 e. The first-order valence-electron chi connectivity index (χ1n) is 11.3. The van der Waals surface area contributed by atoms with Gasteiger partial charge < -0.3 is 10.2 Å². The van der Waals surface area contributed by atoms with Crippen LogP contribution in [0.15, 0.2) is 83.8 Å². The Kier molecular flexibility index (Phi) is 7.30. The van der Waals surface area contributed by atoms with Crippen molar-refractivity contribution >= 4 is 38.9 Å². The summed E-state index contributed by atoms with van der Waals surface area (Å²) < 4.78 is 27.7. The standard InChI is InChI=1S/C25H24N4O6S/c30-24(26-23-14-5-4-13-22(23)25(31)27-15-6-7-16-27)18-28(19-9-8-10-20(17-19)29(32)33)36(34,35)21-11-2-1-3-12-21/h1-5,8-14,17H,6-7,15-16,18H2,(H,26,30). The van der Waals surface area contributed by atoms with Crippen molar-refractivity contribution in [3.63, 3.8) is 0 Å². The summed E-state index contributed by atoms with van der Waals surface area (Å²) in [6, 6.07) is 19.1. The van der Waals surface area contributed by atoms with Gasteiger partial charge in [0.2, 0.25) is 5.91 Å². The molecular weight excluding hydrogens is 484 g/mol. The maximum atomic E-state index is 13.5. The largest absolute Gasteiger partial charge is 0.339 e. The zero-order chi connectivity index (χ0) is 25.7. The first-order chi connectivity index (χ1) is 17.3. The van der Waals surface area contributed by atoms with E-state index in [0.29, 0.717) is 18.7 Å². The van der Waals surface area contributed by atoms with Gasteiger partial charge in [0, 0.05) is 25.2 Å². The number of nitrogens with one attached hydrogen (secondary N) is 1. The summed E-state index contributed by atoms with van der Waals surface area (Å²) in [6.45, 7) is 0.610. The molecule has 3 aromatic rings. The molecule has 0 bridgehead atoms. The highest BCUT2D eigenvalue weighted by Gasteiger charge is 2.29. The van der Waals surface area contributed by atoms with E-state index in [1.807, 2.05) is 0 Å². The molecule has 0 unspecified atom stereocenters. The van der Waals surface area contributed by atoms with Gasteiger partial charge in [0.05, 0.1) is 26.8 Å². The van der Waals surface area contributed by atoms with Crippen LogP contribution in [0.4, 0.5) is 17.1 Å². The van der Waals surface area contributed by atoms with Crippen LogP contribution in [-0.4, -0.2) is 49.7 Å². The normalized spacial score (nSPS) is 13.3. The summed E-state index contributed by atoms with van der Waals surface area (Å²) in [5.74, 6) is -0.918. The lowest BCUT2D eigenvalue weighted by Crippen LogP contribution is -2.38. The van der Waals surface area contributed by atoms with E-state index in [1.54, 1.807) is 47.4 Å². The van der Waals surface area contributed by atoms with Gasteiger partial charge in [-0.3, -0.25) is 24.0 Å². The second kappa shape index (κ2) is 10.6. The first-order valence-corrected chi connectivity index (χ1v) is 12.7. The molecule has 1 heterocycles. The number of hydrogen-bond acceptors (Lipinski definition) is 6. The number of nitrogens with zero attached hydrogens (tertiary/aromatic N) is 3. The fourth-order valence-corrected chi connectivity index (χ4v) is 5.42. The Labute approximate surface area is 208 Å². The highest BCUT2D eigenvalue weighted by Crippen LogP contribution is 2.27. The number of para-hydroxylation sites is 1. The number of benzene rings is 3. The Morgan fingerprint density at radius 1 is 0.944 bits per heavy atom. The van der Waals surface area contributed by atoms with Crippen molar-refractivity contribution in [3.8, 4) is 0 Å². The van der Waals surface area contributed by atoms with Crippen molar-refractivity contribution in [1.29, 1.82) is 0 Å². The molecule has 1 fully saturated rings. The number of amides is 2. The second-order valence-corrected chi connectivity index (χ2v) is 10.1. The molecule has 0 spiro atoms. The van der Waals surface area contributed by atoms with Gasteiger partial charge in [0.1, 0.15) is 6.54 Å². The van der Waals surface area contributed by atoms with Crippen molar-refractivity contribution in [2.75, 3.05) is 29.3 Å². The fourth-order valence-electron chi connectivity index (χ4n) is 3.99. The number of nitro groups is 1. The van der Waals surface area contributed by atoms with E-state index in [2.05, 4.69) is 5.32 Å². The molecule has 3 aromatic carbocycles. The summed E-state index contributed by atoms with van der Waals surface area (Å²) in [6.07, 6.45) is 1.82. The quantitative estimate of drug-likeness (QED) is 0.365. The zero-order valence-electron chi connectivity index (χ0n) is 19.2. The summed E-state index contributed by atoms with van der Waals surface area (Å²) >= 11 is 0. The monoisotopic (exact) mass is 508 g/mol. The molecule has 2 amide bonds. The van der Waals surface area contributed by atoms with Crippen molar-refractivity contribution in [1.82, 2.24) is 4.90 Å². The number of sulfonamides is 1. The van der Waals surface area contributed by atoms with E-state index in [-0.39, 0.29) is 27.9 Å². The topological polar surface area (TPSA) is 130 Å². The lowest BCUT2D eigenvalue weighted by atomic mass is 10.1. The van der Waals surface area contributed by atoms with Gasteiger partial charge in [-0.1, -0.05) is 36.4 Å². The number of anilines is 2. The van der Waals surface area contributed by atoms with E-state index < -0.39 is 27.4 Å². The smallest absolute Gasteiger partial charge is 0.271 e. The molecule has 36 heavy (non-hydrogen) atoms. The highest BCUT2D eigenvalue weighted by molar-refractivity contribution is 7.92. The van der Waals surface area contributed by atoms with Crippen LogP contribution < -0.4 is 9.62 Å². The molecule has 1 saturated heterocycles.